The number of aliphatic hydroxyl groups is 1. The minimum atomic E-state index is -0.933. The summed E-state index contributed by atoms with van der Waals surface area (Å²) < 4.78 is 12.1. The average molecular weight is 403 g/mol. The Morgan fingerprint density at radius 2 is 1.90 bits per heavy atom. The van der Waals surface area contributed by atoms with Gasteiger partial charge in [-0.05, 0) is 48.5 Å². The molecule has 0 aliphatic carbocycles. The highest BCUT2D eigenvalue weighted by Crippen LogP contribution is 2.26. The van der Waals surface area contributed by atoms with Crippen molar-refractivity contribution in [3.63, 3.8) is 0 Å². The van der Waals surface area contributed by atoms with E-state index < -0.39 is 6.10 Å². The number of para-hydroxylation sites is 1. The predicted octanol–water partition coefficient (Wildman–Crippen LogP) is 3.60. The van der Waals surface area contributed by atoms with E-state index in [0.717, 1.165) is 11.3 Å². The molecule has 2 N–H and O–H groups in total. The van der Waals surface area contributed by atoms with Gasteiger partial charge < -0.3 is 19.6 Å². The quantitative estimate of drug-likeness (QED) is 0.492. The summed E-state index contributed by atoms with van der Waals surface area (Å²) in [7, 11) is 1.60. The SMILES string of the molecule is COc1ccc(-c2nn(-c3ccccc3)cc2C(=O)NCC(O)c2ccco2)cc1. The van der Waals surface area contributed by atoms with Gasteiger partial charge in [0.1, 0.15) is 23.3 Å². The highest BCUT2D eigenvalue weighted by atomic mass is 16.5. The van der Waals surface area contributed by atoms with Crippen LogP contribution in [0.3, 0.4) is 0 Å². The van der Waals surface area contributed by atoms with E-state index in [-0.39, 0.29) is 12.5 Å². The van der Waals surface area contributed by atoms with Crippen LogP contribution in [-0.4, -0.2) is 34.4 Å². The molecule has 0 fully saturated rings. The third kappa shape index (κ3) is 4.11. The lowest BCUT2D eigenvalue weighted by Gasteiger charge is -2.09. The molecule has 1 amide bonds. The second-order valence-corrected chi connectivity index (χ2v) is 6.64. The summed E-state index contributed by atoms with van der Waals surface area (Å²) in [5.41, 5.74) is 2.55. The summed E-state index contributed by atoms with van der Waals surface area (Å²) in [6, 6.07) is 20.2. The molecule has 0 saturated heterocycles. The summed E-state index contributed by atoms with van der Waals surface area (Å²) in [5, 5.41) is 17.6. The smallest absolute Gasteiger partial charge is 0.255 e. The van der Waals surface area contributed by atoms with Gasteiger partial charge in [-0.1, -0.05) is 18.2 Å². The van der Waals surface area contributed by atoms with Crippen molar-refractivity contribution in [3.8, 4) is 22.7 Å². The maximum Gasteiger partial charge on any atom is 0.255 e. The maximum atomic E-state index is 12.9. The number of hydrogen-bond acceptors (Lipinski definition) is 5. The van der Waals surface area contributed by atoms with Crippen molar-refractivity contribution >= 4 is 5.91 Å². The molecule has 2 heterocycles. The Morgan fingerprint density at radius 3 is 2.57 bits per heavy atom. The first-order valence-corrected chi connectivity index (χ1v) is 9.45. The number of ether oxygens (including phenoxy) is 1. The first-order valence-electron chi connectivity index (χ1n) is 9.45. The number of carbonyl (C=O) groups is 1. The van der Waals surface area contributed by atoms with Gasteiger partial charge >= 0.3 is 0 Å². The molecular formula is C23H21N3O4. The number of carbonyl (C=O) groups excluding carboxylic acids is 1. The monoisotopic (exact) mass is 403 g/mol. The van der Waals surface area contributed by atoms with Crippen LogP contribution in [0.1, 0.15) is 22.2 Å². The van der Waals surface area contributed by atoms with Crippen LogP contribution >= 0.6 is 0 Å². The number of methoxy groups -OCH3 is 1. The third-order valence-corrected chi connectivity index (χ3v) is 4.67. The third-order valence-electron chi connectivity index (χ3n) is 4.67. The lowest BCUT2D eigenvalue weighted by Crippen LogP contribution is -2.28. The zero-order valence-corrected chi connectivity index (χ0v) is 16.4. The van der Waals surface area contributed by atoms with Crippen molar-refractivity contribution in [1.29, 1.82) is 0 Å². The van der Waals surface area contributed by atoms with Crippen LogP contribution in [0.2, 0.25) is 0 Å². The predicted molar refractivity (Wildman–Crippen MR) is 112 cm³/mol. The highest BCUT2D eigenvalue weighted by molar-refractivity contribution is 6.00. The van der Waals surface area contributed by atoms with Crippen molar-refractivity contribution in [2.45, 2.75) is 6.10 Å². The number of nitrogens with zero attached hydrogens (tertiary/aromatic N) is 2. The van der Waals surface area contributed by atoms with Crippen molar-refractivity contribution in [3.05, 3.63) is 90.5 Å². The second-order valence-electron chi connectivity index (χ2n) is 6.64. The van der Waals surface area contributed by atoms with E-state index in [1.807, 2.05) is 54.6 Å². The van der Waals surface area contributed by atoms with E-state index in [4.69, 9.17) is 9.15 Å². The molecule has 1 atom stereocenters. The van der Waals surface area contributed by atoms with Gasteiger partial charge in [0.25, 0.3) is 5.91 Å². The lowest BCUT2D eigenvalue weighted by molar-refractivity contribution is 0.0901. The van der Waals surface area contributed by atoms with E-state index in [1.165, 1.54) is 6.26 Å². The van der Waals surface area contributed by atoms with Crippen molar-refractivity contribution in [2.75, 3.05) is 13.7 Å². The molecule has 2 aromatic carbocycles. The fraction of sp³-hybridized carbons (Fsp3) is 0.130. The van der Waals surface area contributed by atoms with Gasteiger partial charge in [-0.15, -0.1) is 0 Å². The van der Waals surface area contributed by atoms with Crippen LogP contribution in [-0.2, 0) is 0 Å². The van der Waals surface area contributed by atoms with Crippen molar-refractivity contribution < 1.29 is 19.1 Å². The maximum absolute atomic E-state index is 12.9. The molecule has 0 bridgehead atoms. The molecule has 7 heteroatoms. The molecule has 4 rings (SSSR count). The van der Waals surface area contributed by atoms with Gasteiger partial charge in [-0.25, -0.2) is 4.68 Å². The number of nitrogens with one attached hydrogen (secondary N) is 1. The van der Waals surface area contributed by atoms with Crippen molar-refractivity contribution in [1.82, 2.24) is 15.1 Å². The van der Waals surface area contributed by atoms with Crippen LogP contribution < -0.4 is 10.1 Å². The summed E-state index contributed by atoms with van der Waals surface area (Å²) in [4.78, 5) is 12.9. The topological polar surface area (TPSA) is 89.5 Å². The zero-order chi connectivity index (χ0) is 20.9. The number of aliphatic hydroxyl groups excluding tert-OH is 1. The summed E-state index contributed by atoms with van der Waals surface area (Å²) in [6.45, 7) is 0.0188. The molecule has 7 nitrogen and oxygen atoms in total. The van der Waals surface area contributed by atoms with Crippen LogP contribution in [0.25, 0.3) is 16.9 Å². The second kappa shape index (κ2) is 8.67. The first-order chi connectivity index (χ1) is 14.7. The Kier molecular flexibility index (Phi) is 5.63. The summed E-state index contributed by atoms with van der Waals surface area (Å²) >= 11 is 0. The van der Waals surface area contributed by atoms with Gasteiger partial charge in [-0.3, -0.25) is 4.79 Å². The van der Waals surface area contributed by atoms with Gasteiger partial charge in [-0.2, -0.15) is 5.10 Å². The van der Waals surface area contributed by atoms with Crippen LogP contribution in [0, 0.1) is 0 Å². The number of aromatic nitrogens is 2. The van der Waals surface area contributed by atoms with Crippen LogP contribution in [0.4, 0.5) is 0 Å². The number of benzene rings is 2. The lowest BCUT2D eigenvalue weighted by atomic mass is 10.1. The molecule has 30 heavy (non-hydrogen) atoms. The van der Waals surface area contributed by atoms with Gasteiger partial charge in [0, 0.05) is 11.8 Å². The Hall–Kier alpha value is -3.84. The number of amides is 1. The molecule has 0 saturated carbocycles. The molecule has 0 radical (unpaired) electrons. The minimum Gasteiger partial charge on any atom is -0.497 e. The fourth-order valence-corrected chi connectivity index (χ4v) is 3.08. The number of furan rings is 1. The van der Waals surface area contributed by atoms with Gasteiger partial charge in [0.15, 0.2) is 0 Å². The Bertz CT molecular complexity index is 1100. The van der Waals surface area contributed by atoms with E-state index in [2.05, 4.69) is 10.4 Å². The number of hydrogen-bond donors (Lipinski definition) is 2. The van der Waals surface area contributed by atoms with Crippen molar-refractivity contribution in [2.24, 2.45) is 0 Å². The van der Waals surface area contributed by atoms with E-state index in [1.54, 1.807) is 30.1 Å². The van der Waals surface area contributed by atoms with E-state index >= 15 is 0 Å². The molecule has 4 aromatic rings. The first kappa shape index (κ1) is 19.5. The van der Waals surface area contributed by atoms with Gasteiger partial charge in [0.2, 0.25) is 0 Å². The average Bonchev–Trinajstić information content (AvgIpc) is 3.48. The standard InChI is InChI=1S/C23H21N3O4/c1-29-18-11-9-16(10-12-18)22-19(15-26(25-22)17-6-3-2-4-7-17)23(28)24-14-20(27)21-8-5-13-30-21/h2-13,15,20,27H,14H2,1H3,(H,24,28). The molecule has 0 aliphatic rings. The van der Waals surface area contributed by atoms with E-state index in [9.17, 15) is 9.90 Å². The molecular weight excluding hydrogens is 382 g/mol. The van der Waals surface area contributed by atoms with Gasteiger partial charge in [0.05, 0.1) is 31.2 Å². The summed E-state index contributed by atoms with van der Waals surface area (Å²) in [6.07, 6.45) is 2.23. The largest absolute Gasteiger partial charge is 0.497 e. The van der Waals surface area contributed by atoms with Crippen LogP contribution in [0.5, 0.6) is 5.75 Å². The number of rotatable bonds is 7. The Labute approximate surface area is 173 Å². The Balaban J connectivity index is 1.64. The molecule has 152 valence electrons. The fourth-order valence-electron chi connectivity index (χ4n) is 3.08. The molecule has 0 spiro atoms. The molecule has 0 aliphatic heterocycles. The summed E-state index contributed by atoms with van der Waals surface area (Å²) in [5.74, 6) is 0.771. The molecule has 2 aromatic heterocycles. The molecule has 1 unspecified atom stereocenters. The normalized spacial score (nSPS) is 11.8. The Morgan fingerprint density at radius 1 is 1.13 bits per heavy atom. The highest BCUT2D eigenvalue weighted by Gasteiger charge is 2.20. The minimum absolute atomic E-state index is 0.0188. The van der Waals surface area contributed by atoms with Crippen LogP contribution in [0.15, 0.2) is 83.6 Å². The van der Waals surface area contributed by atoms with E-state index in [0.29, 0.717) is 22.8 Å². The zero-order valence-electron chi connectivity index (χ0n) is 16.4.